The van der Waals surface area contributed by atoms with Crippen molar-refractivity contribution in [2.24, 2.45) is 5.73 Å². The molecule has 0 aliphatic carbocycles. The molecule has 0 saturated heterocycles. The van der Waals surface area contributed by atoms with Crippen LogP contribution >= 0.6 is 7.82 Å². The molecule has 45 heavy (non-hydrogen) atoms. The lowest BCUT2D eigenvalue weighted by Crippen LogP contribution is -2.45. The van der Waals surface area contributed by atoms with Gasteiger partial charge in [-0.25, -0.2) is 4.57 Å². The number of carbonyl (C=O) groups excluding carboxylic acids is 1. The number of unbranched alkanes of at least 4 members (excludes halogenated alkanes) is 23. The standard InChI is InChI=1S/C36H73N2O6P/c1-3-5-7-9-11-13-15-17-18-20-22-24-26-28-30-36(40)38-34(33-44-45(41,42)43-32-31-37)35(39)29-27-25-23-21-19-16-14-12-10-8-6-4-2/h27,29,34-35,39H,3-26,28,30-33,37H2,1-2H3,(H,38,40)(H,41,42)/b29-27+. The van der Waals surface area contributed by atoms with Crippen LogP contribution in [0.15, 0.2) is 12.2 Å². The molecule has 0 rings (SSSR count). The van der Waals surface area contributed by atoms with Crippen LogP contribution in [0.2, 0.25) is 0 Å². The van der Waals surface area contributed by atoms with E-state index in [-0.39, 0.29) is 25.7 Å². The quantitative estimate of drug-likeness (QED) is 0.0302. The van der Waals surface area contributed by atoms with Crippen LogP contribution < -0.4 is 11.1 Å². The van der Waals surface area contributed by atoms with E-state index in [4.69, 9.17) is 14.8 Å². The van der Waals surface area contributed by atoms with Gasteiger partial charge >= 0.3 is 7.82 Å². The van der Waals surface area contributed by atoms with E-state index in [1.165, 1.54) is 122 Å². The zero-order chi connectivity index (χ0) is 33.3. The summed E-state index contributed by atoms with van der Waals surface area (Å²) in [5.41, 5.74) is 5.35. The molecule has 3 atom stereocenters. The van der Waals surface area contributed by atoms with Crippen LogP contribution in [0, 0.1) is 0 Å². The van der Waals surface area contributed by atoms with Crippen LogP contribution in [0.5, 0.6) is 0 Å². The maximum atomic E-state index is 12.7. The highest BCUT2D eigenvalue weighted by molar-refractivity contribution is 7.47. The van der Waals surface area contributed by atoms with Gasteiger partial charge in [-0.2, -0.15) is 0 Å². The largest absolute Gasteiger partial charge is 0.472 e. The van der Waals surface area contributed by atoms with Gasteiger partial charge in [0.2, 0.25) is 5.91 Å². The van der Waals surface area contributed by atoms with Crippen molar-refractivity contribution in [2.75, 3.05) is 19.8 Å². The number of aliphatic hydroxyl groups is 1. The van der Waals surface area contributed by atoms with Crippen molar-refractivity contribution in [1.82, 2.24) is 5.32 Å². The summed E-state index contributed by atoms with van der Waals surface area (Å²) < 4.78 is 22.0. The number of hydrogen-bond acceptors (Lipinski definition) is 6. The Morgan fingerprint density at radius 1 is 0.711 bits per heavy atom. The lowest BCUT2D eigenvalue weighted by molar-refractivity contribution is -0.123. The van der Waals surface area contributed by atoms with Crippen molar-refractivity contribution >= 4 is 13.7 Å². The fraction of sp³-hybridized carbons (Fsp3) is 0.917. The molecule has 8 nitrogen and oxygen atoms in total. The molecule has 0 bridgehead atoms. The average Bonchev–Trinajstić information content (AvgIpc) is 3.02. The summed E-state index contributed by atoms with van der Waals surface area (Å²) in [6, 6.07) is -0.852. The molecular formula is C36H73N2O6P. The number of aliphatic hydroxyl groups excluding tert-OH is 1. The monoisotopic (exact) mass is 661 g/mol. The van der Waals surface area contributed by atoms with E-state index in [1.807, 2.05) is 6.08 Å². The third-order valence-electron chi connectivity index (χ3n) is 8.36. The first-order chi connectivity index (χ1) is 21.9. The summed E-state index contributed by atoms with van der Waals surface area (Å²) in [7, 11) is -4.32. The Morgan fingerprint density at radius 3 is 1.58 bits per heavy atom. The summed E-state index contributed by atoms with van der Waals surface area (Å²) in [6.45, 7) is 4.12. The molecule has 0 aromatic heterocycles. The molecule has 1 amide bonds. The summed E-state index contributed by atoms with van der Waals surface area (Å²) in [4.78, 5) is 22.6. The lowest BCUT2D eigenvalue weighted by atomic mass is 10.0. The minimum atomic E-state index is -4.32. The predicted molar refractivity (Wildman–Crippen MR) is 189 cm³/mol. The molecule has 0 aliphatic rings. The number of hydrogen-bond donors (Lipinski definition) is 4. The lowest BCUT2D eigenvalue weighted by Gasteiger charge is -2.23. The highest BCUT2D eigenvalue weighted by Gasteiger charge is 2.26. The number of amides is 1. The number of allylic oxidation sites excluding steroid dienone is 1. The van der Waals surface area contributed by atoms with Crippen LogP contribution in [0.3, 0.4) is 0 Å². The van der Waals surface area contributed by atoms with Crippen molar-refractivity contribution < 1.29 is 28.4 Å². The number of rotatable bonds is 35. The summed E-state index contributed by atoms with van der Waals surface area (Å²) in [6.07, 6.45) is 33.9. The van der Waals surface area contributed by atoms with Crippen molar-refractivity contribution in [1.29, 1.82) is 0 Å². The van der Waals surface area contributed by atoms with Gasteiger partial charge in [0.1, 0.15) is 0 Å². The first-order valence-electron chi connectivity index (χ1n) is 18.8. The number of carbonyl (C=O) groups is 1. The molecule has 0 fully saturated rings. The van der Waals surface area contributed by atoms with Gasteiger partial charge in [0.25, 0.3) is 0 Å². The molecule has 9 heteroatoms. The Kier molecular flexibility index (Phi) is 32.6. The minimum absolute atomic E-state index is 0.0809. The Bertz CT molecular complexity index is 724. The van der Waals surface area contributed by atoms with Crippen LogP contribution in [0.4, 0.5) is 0 Å². The Morgan fingerprint density at radius 2 is 1.13 bits per heavy atom. The van der Waals surface area contributed by atoms with E-state index in [9.17, 15) is 19.4 Å². The van der Waals surface area contributed by atoms with Crippen LogP contribution in [0.1, 0.15) is 181 Å². The average molecular weight is 661 g/mol. The van der Waals surface area contributed by atoms with Crippen LogP contribution in [0.25, 0.3) is 0 Å². The summed E-state index contributed by atoms with van der Waals surface area (Å²) in [5.74, 6) is -0.194. The van der Waals surface area contributed by atoms with Crippen LogP contribution in [-0.2, 0) is 18.4 Å². The van der Waals surface area contributed by atoms with E-state index in [1.54, 1.807) is 6.08 Å². The van der Waals surface area contributed by atoms with Crippen LogP contribution in [-0.4, -0.2) is 47.8 Å². The molecule has 0 radical (unpaired) electrons. The van der Waals surface area contributed by atoms with Crippen molar-refractivity contribution in [3.8, 4) is 0 Å². The van der Waals surface area contributed by atoms with Gasteiger partial charge in [-0.15, -0.1) is 0 Å². The van der Waals surface area contributed by atoms with Gasteiger partial charge in [-0.3, -0.25) is 13.8 Å². The topological polar surface area (TPSA) is 131 Å². The molecule has 268 valence electrons. The molecule has 0 spiro atoms. The molecule has 0 heterocycles. The number of nitrogens with one attached hydrogen (secondary N) is 1. The number of phosphoric ester groups is 1. The molecule has 0 aromatic carbocycles. The first kappa shape index (κ1) is 44.2. The fourth-order valence-electron chi connectivity index (χ4n) is 5.48. The third kappa shape index (κ3) is 31.6. The molecule has 3 unspecified atom stereocenters. The van der Waals surface area contributed by atoms with Crippen molar-refractivity contribution in [2.45, 2.75) is 193 Å². The summed E-state index contributed by atoms with van der Waals surface area (Å²) >= 11 is 0. The Balaban J connectivity index is 4.30. The number of phosphoric acid groups is 1. The van der Waals surface area contributed by atoms with E-state index in [0.717, 1.165) is 38.5 Å². The SMILES string of the molecule is CCCCCCCCCCCC/C=C/C(O)C(COP(=O)(O)OCCN)NC(=O)CCCCCCCCCCCCCCCC. The Hall–Kier alpha value is -0.760. The second-order valence-electron chi connectivity index (χ2n) is 12.8. The fourth-order valence-corrected chi connectivity index (χ4v) is 6.24. The van der Waals surface area contributed by atoms with Crippen molar-refractivity contribution in [3.63, 3.8) is 0 Å². The zero-order valence-electron chi connectivity index (χ0n) is 29.4. The van der Waals surface area contributed by atoms with E-state index < -0.39 is 20.0 Å². The minimum Gasteiger partial charge on any atom is -0.387 e. The second-order valence-corrected chi connectivity index (χ2v) is 14.2. The van der Waals surface area contributed by atoms with Gasteiger partial charge in [-0.05, 0) is 19.3 Å². The molecule has 5 N–H and O–H groups in total. The predicted octanol–water partition coefficient (Wildman–Crippen LogP) is 9.66. The molecular weight excluding hydrogens is 587 g/mol. The van der Waals surface area contributed by atoms with Gasteiger partial charge in [0.05, 0.1) is 25.4 Å². The first-order valence-corrected chi connectivity index (χ1v) is 20.3. The highest BCUT2D eigenvalue weighted by atomic mass is 31.2. The maximum Gasteiger partial charge on any atom is 0.472 e. The van der Waals surface area contributed by atoms with Gasteiger partial charge < -0.3 is 21.1 Å². The van der Waals surface area contributed by atoms with Gasteiger partial charge in [-0.1, -0.05) is 167 Å². The Labute approximate surface area is 277 Å². The molecule has 0 saturated carbocycles. The van der Waals surface area contributed by atoms with E-state index in [0.29, 0.717) is 6.42 Å². The molecule has 0 aromatic rings. The normalized spacial score (nSPS) is 14.5. The van der Waals surface area contributed by atoms with Crippen molar-refractivity contribution in [3.05, 3.63) is 12.2 Å². The zero-order valence-corrected chi connectivity index (χ0v) is 30.3. The van der Waals surface area contributed by atoms with E-state index in [2.05, 4.69) is 19.2 Å². The van der Waals surface area contributed by atoms with Gasteiger partial charge in [0, 0.05) is 13.0 Å². The molecule has 0 aliphatic heterocycles. The summed E-state index contributed by atoms with van der Waals surface area (Å²) in [5, 5.41) is 13.6. The third-order valence-corrected chi connectivity index (χ3v) is 9.35. The van der Waals surface area contributed by atoms with E-state index >= 15 is 0 Å². The second kappa shape index (κ2) is 33.2. The smallest absolute Gasteiger partial charge is 0.387 e. The van der Waals surface area contributed by atoms with Gasteiger partial charge in [0.15, 0.2) is 0 Å². The maximum absolute atomic E-state index is 12.7. The highest BCUT2D eigenvalue weighted by Crippen LogP contribution is 2.43. The number of nitrogens with two attached hydrogens (primary N) is 1.